The maximum Gasteiger partial charge on any atom is 0.258 e. The molecule has 0 fully saturated rings. The van der Waals surface area contributed by atoms with E-state index < -0.39 is 6.23 Å². The number of amidine groups is 1. The van der Waals surface area contributed by atoms with Gasteiger partial charge < -0.3 is 10.1 Å². The van der Waals surface area contributed by atoms with Gasteiger partial charge in [-0.15, -0.1) is 0 Å². The van der Waals surface area contributed by atoms with Crippen molar-refractivity contribution < 1.29 is 13.9 Å². The Kier molecular flexibility index (Phi) is 3.64. The number of halogens is 1. The van der Waals surface area contributed by atoms with Gasteiger partial charge in [0.2, 0.25) is 6.23 Å². The van der Waals surface area contributed by atoms with Crippen LogP contribution < -0.4 is 10.1 Å². The van der Waals surface area contributed by atoms with Crippen molar-refractivity contribution in [1.29, 1.82) is 0 Å². The number of nitrogens with zero attached hydrogens (tertiary/aromatic N) is 1. The molecule has 4 nitrogen and oxygen atoms in total. The first-order valence-corrected chi connectivity index (χ1v) is 8.18. The van der Waals surface area contributed by atoms with Gasteiger partial charge in [-0.2, -0.15) is 0 Å². The van der Waals surface area contributed by atoms with E-state index in [4.69, 9.17) is 4.74 Å². The maximum atomic E-state index is 13.1. The molecule has 0 spiro atoms. The van der Waals surface area contributed by atoms with Gasteiger partial charge in [-0.25, -0.2) is 9.38 Å². The molecule has 5 heteroatoms. The summed E-state index contributed by atoms with van der Waals surface area (Å²) in [6.07, 6.45) is 1.14. The summed E-state index contributed by atoms with van der Waals surface area (Å²) in [4.78, 5) is 17.0. The quantitative estimate of drug-likeness (QED) is 0.910. The van der Waals surface area contributed by atoms with Crippen molar-refractivity contribution in [3.63, 3.8) is 0 Å². The fourth-order valence-corrected chi connectivity index (χ4v) is 2.93. The van der Waals surface area contributed by atoms with Gasteiger partial charge in [0.25, 0.3) is 5.91 Å². The van der Waals surface area contributed by atoms with Crippen LogP contribution in [0.15, 0.2) is 53.0 Å². The average Bonchev–Trinajstić information content (AvgIpc) is 2.60. The van der Waals surface area contributed by atoms with Crippen molar-refractivity contribution in [2.75, 3.05) is 0 Å². The minimum absolute atomic E-state index is 0.250. The van der Waals surface area contributed by atoms with Crippen LogP contribution in [-0.4, -0.2) is 18.0 Å². The van der Waals surface area contributed by atoms with Gasteiger partial charge in [-0.3, -0.25) is 4.79 Å². The van der Waals surface area contributed by atoms with E-state index >= 15 is 0 Å². The Balaban J connectivity index is 1.72. The lowest BCUT2D eigenvalue weighted by molar-refractivity contribution is -0.117. The van der Waals surface area contributed by atoms with Gasteiger partial charge in [0.15, 0.2) is 0 Å². The van der Waals surface area contributed by atoms with E-state index in [0.29, 0.717) is 28.6 Å². The topological polar surface area (TPSA) is 50.7 Å². The van der Waals surface area contributed by atoms with E-state index in [1.807, 2.05) is 24.3 Å². The van der Waals surface area contributed by atoms with Gasteiger partial charge in [0.05, 0.1) is 5.57 Å². The molecular weight excluding hydrogens is 319 g/mol. The van der Waals surface area contributed by atoms with Crippen LogP contribution >= 0.6 is 0 Å². The minimum atomic E-state index is -0.689. The molecule has 0 saturated carbocycles. The summed E-state index contributed by atoms with van der Waals surface area (Å²) in [6, 6.07) is 11.8. The summed E-state index contributed by atoms with van der Waals surface area (Å²) in [7, 11) is 0. The summed E-state index contributed by atoms with van der Waals surface area (Å²) in [5.41, 5.74) is 3.18. The van der Waals surface area contributed by atoms with E-state index in [-0.39, 0.29) is 11.7 Å². The minimum Gasteiger partial charge on any atom is -0.464 e. The average molecular weight is 336 g/mol. The highest BCUT2D eigenvalue weighted by molar-refractivity contribution is 6.16. The number of fused-ring (bicyclic) bond motifs is 2. The molecule has 2 aromatic rings. The van der Waals surface area contributed by atoms with Crippen molar-refractivity contribution in [2.24, 2.45) is 4.99 Å². The summed E-state index contributed by atoms with van der Waals surface area (Å²) in [5.74, 6) is 0.893. The Labute approximate surface area is 145 Å². The van der Waals surface area contributed by atoms with Crippen molar-refractivity contribution in [1.82, 2.24) is 5.32 Å². The first-order chi connectivity index (χ1) is 12.0. The van der Waals surface area contributed by atoms with Gasteiger partial charge in [-0.05, 0) is 54.0 Å². The zero-order valence-corrected chi connectivity index (χ0v) is 13.9. The smallest absolute Gasteiger partial charge is 0.258 e. The van der Waals surface area contributed by atoms with Crippen LogP contribution in [0.3, 0.4) is 0 Å². The number of ether oxygens (including phenoxy) is 1. The van der Waals surface area contributed by atoms with Gasteiger partial charge >= 0.3 is 0 Å². The van der Waals surface area contributed by atoms with Crippen LogP contribution in [0.2, 0.25) is 0 Å². The molecule has 2 aliphatic rings. The second-order valence-electron chi connectivity index (χ2n) is 6.46. The van der Waals surface area contributed by atoms with Gasteiger partial charge in [-0.1, -0.05) is 19.9 Å². The largest absolute Gasteiger partial charge is 0.464 e. The first-order valence-electron chi connectivity index (χ1n) is 8.18. The molecule has 4 rings (SSSR count). The molecule has 0 aromatic heterocycles. The lowest BCUT2D eigenvalue weighted by Gasteiger charge is -2.28. The Hall–Kier alpha value is -2.95. The highest BCUT2D eigenvalue weighted by Gasteiger charge is 2.32. The molecule has 126 valence electrons. The lowest BCUT2D eigenvalue weighted by atomic mass is 9.97. The third-order valence-corrected chi connectivity index (χ3v) is 4.37. The molecule has 2 aliphatic heterocycles. The van der Waals surface area contributed by atoms with Crippen molar-refractivity contribution in [2.45, 2.75) is 26.0 Å². The monoisotopic (exact) mass is 336 g/mol. The number of hydrogen-bond acceptors (Lipinski definition) is 3. The summed E-state index contributed by atoms with van der Waals surface area (Å²) < 4.78 is 19.0. The van der Waals surface area contributed by atoms with Crippen molar-refractivity contribution in [3.8, 4) is 5.75 Å². The highest BCUT2D eigenvalue weighted by Crippen LogP contribution is 2.34. The zero-order valence-electron chi connectivity index (χ0n) is 13.9. The molecule has 1 atom stereocenters. The normalized spacial score (nSPS) is 18.6. The summed E-state index contributed by atoms with van der Waals surface area (Å²) in [5, 5.41) is 2.76. The van der Waals surface area contributed by atoms with Gasteiger partial charge in [0.1, 0.15) is 17.4 Å². The Morgan fingerprint density at radius 3 is 2.64 bits per heavy atom. The van der Waals surface area contributed by atoms with Crippen LogP contribution in [0, 0.1) is 5.82 Å². The van der Waals surface area contributed by atoms with E-state index in [9.17, 15) is 9.18 Å². The van der Waals surface area contributed by atoms with Gasteiger partial charge in [0, 0.05) is 11.1 Å². The van der Waals surface area contributed by atoms with Crippen molar-refractivity contribution in [3.05, 3.63) is 70.5 Å². The Bertz CT molecular complexity index is 914. The predicted octanol–water partition coefficient (Wildman–Crippen LogP) is 3.63. The molecule has 2 heterocycles. The van der Waals surface area contributed by atoms with Crippen LogP contribution in [-0.2, 0) is 4.79 Å². The van der Waals surface area contributed by atoms with Crippen LogP contribution in [0.1, 0.15) is 36.5 Å². The number of carbonyl (C=O) groups is 1. The number of hydrogen-bond donors (Lipinski definition) is 1. The van der Waals surface area contributed by atoms with Crippen LogP contribution in [0.5, 0.6) is 5.75 Å². The number of aliphatic imine (C=N–C) groups is 1. The Morgan fingerprint density at radius 1 is 1.16 bits per heavy atom. The predicted molar refractivity (Wildman–Crippen MR) is 94.0 cm³/mol. The first kappa shape index (κ1) is 15.6. The molecule has 25 heavy (non-hydrogen) atoms. The van der Waals surface area contributed by atoms with Crippen LogP contribution in [0.4, 0.5) is 4.39 Å². The van der Waals surface area contributed by atoms with E-state index in [2.05, 4.69) is 24.2 Å². The fraction of sp³-hybridized carbons (Fsp3) is 0.200. The van der Waals surface area contributed by atoms with E-state index in [1.165, 1.54) is 17.7 Å². The number of carbonyl (C=O) groups excluding carboxylic acids is 1. The molecular formula is C20H17FN2O2. The molecule has 2 aromatic carbocycles. The van der Waals surface area contributed by atoms with Crippen molar-refractivity contribution >= 4 is 17.8 Å². The molecule has 0 aliphatic carbocycles. The van der Waals surface area contributed by atoms with E-state index in [0.717, 1.165) is 5.56 Å². The number of amides is 1. The standard InChI is InChI=1S/C20H17FN2O2/c1-11(2)13-5-8-17-14(9-13)10-16-19(24)22-18(23-20(16)25-17)12-3-6-15(21)7-4-12/h3-11,20H,1-2H3,(H,22,23,24). The third-order valence-electron chi connectivity index (χ3n) is 4.37. The maximum absolute atomic E-state index is 13.1. The second-order valence-corrected chi connectivity index (χ2v) is 6.46. The molecule has 1 N–H and O–H groups in total. The summed E-state index contributed by atoms with van der Waals surface area (Å²) >= 11 is 0. The molecule has 0 saturated heterocycles. The lowest BCUT2D eigenvalue weighted by Crippen LogP contribution is -2.43. The van der Waals surface area contributed by atoms with Crippen LogP contribution in [0.25, 0.3) is 6.08 Å². The highest BCUT2D eigenvalue weighted by atomic mass is 19.1. The SMILES string of the molecule is CC(C)c1ccc2c(c1)C=C1C(=O)NC(c3ccc(F)cc3)=NC1O2. The Morgan fingerprint density at radius 2 is 1.92 bits per heavy atom. The molecule has 1 amide bonds. The van der Waals surface area contributed by atoms with E-state index in [1.54, 1.807) is 12.1 Å². The number of benzene rings is 2. The molecule has 1 unspecified atom stereocenters. The second kappa shape index (κ2) is 5.84. The zero-order chi connectivity index (χ0) is 17.6. The summed E-state index contributed by atoms with van der Waals surface area (Å²) in [6.45, 7) is 4.24. The molecule has 0 bridgehead atoms. The number of nitrogens with one attached hydrogen (secondary N) is 1. The molecule has 0 radical (unpaired) electrons. The fourth-order valence-electron chi connectivity index (χ4n) is 2.93. The third kappa shape index (κ3) is 2.82. The number of rotatable bonds is 2.